The first-order valence-corrected chi connectivity index (χ1v) is 4.94. The summed E-state index contributed by atoms with van der Waals surface area (Å²) >= 11 is 0. The SMILES string of the molecule is C=C(/C=C\C=N/C)/C=C\C1=C=CN=CC=C1. The van der Waals surface area contributed by atoms with E-state index in [1.807, 2.05) is 36.5 Å². The van der Waals surface area contributed by atoms with Crippen LogP contribution in [0.5, 0.6) is 0 Å². The van der Waals surface area contributed by atoms with E-state index in [4.69, 9.17) is 0 Å². The van der Waals surface area contributed by atoms with Crippen LogP contribution in [0.1, 0.15) is 0 Å². The van der Waals surface area contributed by atoms with Crippen molar-refractivity contribution in [2.75, 3.05) is 7.05 Å². The van der Waals surface area contributed by atoms with Gasteiger partial charge in [0.2, 0.25) is 0 Å². The molecule has 1 aliphatic heterocycles. The third-order valence-corrected chi connectivity index (χ3v) is 1.78. The molecule has 1 heterocycles. The minimum Gasteiger partial charge on any atom is -0.297 e. The van der Waals surface area contributed by atoms with Crippen LogP contribution in [-0.2, 0) is 0 Å². The molecule has 1 aliphatic rings. The van der Waals surface area contributed by atoms with Crippen molar-refractivity contribution in [3.05, 3.63) is 66.1 Å². The van der Waals surface area contributed by atoms with Crippen LogP contribution < -0.4 is 0 Å². The molecule has 2 heteroatoms. The van der Waals surface area contributed by atoms with E-state index >= 15 is 0 Å². The third-order valence-electron chi connectivity index (χ3n) is 1.78. The zero-order chi connectivity index (χ0) is 11.6. The maximum absolute atomic E-state index is 3.95. The summed E-state index contributed by atoms with van der Waals surface area (Å²) in [6.07, 6.45) is 16.5. The van der Waals surface area contributed by atoms with Gasteiger partial charge in [0.1, 0.15) is 0 Å². The smallest absolute Gasteiger partial charge is 0.0692 e. The lowest BCUT2D eigenvalue weighted by Crippen LogP contribution is -1.72. The Bertz CT molecular complexity index is 451. The quantitative estimate of drug-likeness (QED) is 0.387. The summed E-state index contributed by atoms with van der Waals surface area (Å²) in [4.78, 5) is 7.80. The highest BCUT2D eigenvalue weighted by atomic mass is 14.6. The van der Waals surface area contributed by atoms with Crippen LogP contribution in [0.25, 0.3) is 0 Å². The molecule has 2 nitrogen and oxygen atoms in total. The Kier molecular flexibility index (Phi) is 5.32. The third kappa shape index (κ3) is 4.89. The molecule has 0 atom stereocenters. The molecule has 16 heavy (non-hydrogen) atoms. The highest BCUT2D eigenvalue weighted by molar-refractivity contribution is 5.73. The fraction of sp³-hybridized carbons (Fsp3) is 0.0714. The van der Waals surface area contributed by atoms with Gasteiger partial charge in [-0.05, 0) is 29.9 Å². The number of rotatable bonds is 4. The van der Waals surface area contributed by atoms with Gasteiger partial charge in [-0.3, -0.25) is 9.98 Å². The van der Waals surface area contributed by atoms with Gasteiger partial charge < -0.3 is 0 Å². The number of hydrogen-bond donors (Lipinski definition) is 0. The van der Waals surface area contributed by atoms with Crippen LogP contribution in [0.2, 0.25) is 0 Å². The number of nitrogens with zero attached hydrogens (tertiary/aromatic N) is 2. The second-order valence-electron chi connectivity index (χ2n) is 3.06. The summed E-state index contributed by atoms with van der Waals surface area (Å²) in [5, 5.41) is 0. The van der Waals surface area contributed by atoms with E-state index in [2.05, 4.69) is 22.3 Å². The molecule has 0 N–H and O–H groups in total. The molecular formula is C14H14N2. The second kappa shape index (κ2) is 7.16. The van der Waals surface area contributed by atoms with Gasteiger partial charge in [-0.1, -0.05) is 24.5 Å². The lowest BCUT2D eigenvalue weighted by molar-refractivity contribution is 1.47. The van der Waals surface area contributed by atoms with E-state index in [0.29, 0.717) is 0 Å². The van der Waals surface area contributed by atoms with Gasteiger partial charge in [0, 0.05) is 25.0 Å². The Morgan fingerprint density at radius 1 is 1.50 bits per heavy atom. The molecule has 0 amide bonds. The van der Waals surface area contributed by atoms with Crippen LogP contribution >= 0.6 is 0 Å². The molecule has 80 valence electrons. The number of allylic oxidation sites excluding steroid dienone is 8. The lowest BCUT2D eigenvalue weighted by atomic mass is 10.2. The summed E-state index contributed by atoms with van der Waals surface area (Å²) < 4.78 is 0. The highest BCUT2D eigenvalue weighted by Crippen LogP contribution is 2.03. The normalized spacial score (nSPS) is 15.2. The van der Waals surface area contributed by atoms with E-state index < -0.39 is 0 Å². The molecule has 0 saturated carbocycles. The molecule has 1 rings (SSSR count). The summed E-state index contributed by atoms with van der Waals surface area (Å²) in [5.74, 6) is 0. The molecule has 0 spiro atoms. The first kappa shape index (κ1) is 11.9. The molecule has 0 radical (unpaired) electrons. The Hall–Kier alpha value is -2.18. The Morgan fingerprint density at radius 2 is 2.38 bits per heavy atom. The van der Waals surface area contributed by atoms with Crippen molar-refractivity contribution < 1.29 is 0 Å². The predicted molar refractivity (Wildman–Crippen MR) is 71.1 cm³/mol. The molecule has 0 bridgehead atoms. The van der Waals surface area contributed by atoms with Gasteiger partial charge in [0.25, 0.3) is 0 Å². The summed E-state index contributed by atoms with van der Waals surface area (Å²) in [6.45, 7) is 3.89. The molecule has 0 aromatic carbocycles. The van der Waals surface area contributed by atoms with E-state index in [-0.39, 0.29) is 0 Å². The van der Waals surface area contributed by atoms with Crippen LogP contribution in [-0.4, -0.2) is 19.5 Å². The topological polar surface area (TPSA) is 24.7 Å². The van der Waals surface area contributed by atoms with Crippen molar-refractivity contribution in [3.8, 4) is 0 Å². The minimum atomic E-state index is 0.910. The van der Waals surface area contributed by atoms with Crippen molar-refractivity contribution >= 4 is 12.4 Å². The van der Waals surface area contributed by atoms with E-state index in [9.17, 15) is 0 Å². The van der Waals surface area contributed by atoms with Crippen molar-refractivity contribution in [2.45, 2.75) is 0 Å². The monoisotopic (exact) mass is 210 g/mol. The fourth-order valence-corrected chi connectivity index (χ4v) is 1.01. The van der Waals surface area contributed by atoms with Crippen LogP contribution in [0.15, 0.2) is 76.1 Å². The zero-order valence-corrected chi connectivity index (χ0v) is 9.30. The van der Waals surface area contributed by atoms with Crippen LogP contribution in [0, 0.1) is 0 Å². The standard InChI is InChI=1S/C14H14N2/c1-13(5-3-10-15-2)7-8-14-6-4-11-16-12-9-14/h3-8,10-12H,1H2,2H3/b5-3-,8-7-,15-10-. The molecule has 0 fully saturated rings. The lowest BCUT2D eigenvalue weighted by Gasteiger charge is -1.89. The van der Waals surface area contributed by atoms with Crippen LogP contribution in [0.3, 0.4) is 0 Å². The molecular weight excluding hydrogens is 196 g/mol. The van der Waals surface area contributed by atoms with Gasteiger partial charge in [0.05, 0.1) is 6.20 Å². The van der Waals surface area contributed by atoms with Gasteiger partial charge in [-0.2, -0.15) is 0 Å². The highest BCUT2D eigenvalue weighted by Gasteiger charge is 1.85. The average Bonchev–Trinajstić information content (AvgIpc) is 2.55. The van der Waals surface area contributed by atoms with Crippen LogP contribution in [0.4, 0.5) is 0 Å². The Balaban J connectivity index is 2.60. The van der Waals surface area contributed by atoms with Crippen molar-refractivity contribution in [1.29, 1.82) is 0 Å². The number of aliphatic imine (C=N–C) groups is 2. The summed E-state index contributed by atoms with van der Waals surface area (Å²) in [5.41, 5.74) is 4.91. The van der Waals surface area contributed by atoms with Gasteiger partial charge in [0.15, 0.2) is 0 Å². The van der Waals surface area contributed by atoms with Gasteiger partial charge in [-0.25, -0.2) is 0 Å². The minimum absolute atomic E-state index is 0.910. The molecule has 0 unspecified atom stereocenters. The van der Waals surface area contributed by atoms with E-state index in [1.54, 1.807) is 25.7 Å². The van der Waals surface area contributed by atoms with Crippen molar-refractivity contribution in [2.24, 2.45) is 9.98 Å². The fourth-order valence-electron chi connectivity index (χ4n) is 1.01. The average molecular weight is 210 g/mol. The predicted octanol–water partition coefficient (Wildman–Crippen LogP) is 3.04. The second-order valence-corrected chi connectivity index (χ2v) is 3.06. The zero-order valence-electron chi connectivity index (χ0n) is 9.30. The molecule has 0 aliphatic carbocycles. The maximum atomic E-state index is 3.95. The first-order valence-electron chi connectivity index (χ1n) is 4.94. The van der Waals surface area contributed by atoms with Gasteiger partial charge >= 0.3 is 0 Å². The molecule has 0 aromatic rings. The molecule has 0 aromatic heterocycles. The van der Waals surface area contributed by atoms with Gasteiger partial charge in [-0.15, -0.1) is 0 Å². The Morgan fingerprint density at radius 3 is 3.19 bits per heavy atom. The van der Waals surface area contributed by atoms with E-state index in [0.717, 1.165) is 11.1 Å². The van der Waals surface area contributed by atoms with Crippen molar-refractivity contribution in [1.82, 2.24) is 0 Å². The Labute approximate surface area is 96.1 Å². The van der Waals surface area contributed by atoms with Crippen molar-refractivity contribution in [3.63, 3.8) is 0 Å². The van der Waals surface area contributed by atoms with E-state index in [1.165, 1.54) is 0 Å². The number of hydrogen-bond acceptors (Lipinski definition) is 2. The molecule has 0 saturated heterocycles. The summed E-state index contributed by atoms with van der Waals surface area (Å²) in [7, 11) is 1.73. The first-order chi connectivity index (χ1) is 7.83. The largest absolute Gasteiger partial charge is 0.297 e. The maximum Gasteiger partial charge on any atom is 0.0692 e. The summed E-state index contributed by atoms with van der Waals surface area (Å²) in [6, 6.07) is 0.